The number of rotatable bonds is 8. The van der Waals surface area contributed by atoms with Gasteiger partial charge in [0.25, 0.3) is 5.56 Å². The number of nitrogen functional groups attached to an aromatic ring is 1. The summed E-state index contributed by atoms with van der Waals surface area (Å²) in [5.74, 6) is 0.152. The summed E-state index contributed by atoms with van der Waals surface area (Å²) in [6.07, 6.45) is 3.09. The van der Waals surface area contributed by atoms with E-state index in [0.717, 1.165) is 19.3 Å². The summed E-state index contributed by atoms with van der Waals surface area (Å²) in [6, 6.07) is 0.117. The average Bonchev–Trinajstić information content (AvgIpc) is 2.41. The van der Waals surface area contributed by atoms with Crippen molar-refractivity contribution in [3.63, 3.8) is 0 Å². The molecule has 20 heavy (non-hydrogen) atoms. The Morgan fingerprint density at radius 3 is 2.75 bits per heavy atom. The predicted octanol–water partition coefficient (Wildman–Crippen LogP) is 0.756. The molecule has 0 amide bonds. The lowest BCUT2D eigenvalue weighted by Gasteiger charge is -2.17. The molecule has 114 valence electrons. The van der Waals surface area contributed by atoms with Crippen LogP contribution < -0.4 is 22.3 Å². The Labute approximate surface area is 118 Å². The van der Waals surface area contributed by atoms with Crippen LogP contribution in [-0.2, 0) is 11.3 Å². The smallest absolute Gasteiger partial charge is 0.330 e. The molecule has 1 rings (SSSR count). The molecule has 7 nitrogen and oxygen atoms in total. The summed E-state index contributed by atoms with van der Waals surface area (Å²) >= 11 is 0. The van der Waals surface area contributed by atoms with Crippen LogP contribution in [0.2, 0.25) is 0 Å². The van der Waals surface area contributed by atoms with Crippen LogP contribution in [0.1, 0.15) is 33.1 Å². The molecular formula is C13H24N4O3. The van der Waals surface area contributed by atoms with E-state index in [2.05, 4.69) is 17.2 Å². The molecule has 0 aromatic carbocycles. The van der Waals surface area contributed by atoms with Gasteiger partial charge in [-0.1, -0.05) is 19.8 Å². The maximum Gasteiger partial charge on any atom is 0.330 e. The number of nitrogens with two attached hydrogens (primary N) is 1. The van der Waals surface area contributed by atoms with Crippen LogP contribution in [0.4, 0.5) is 11.5 Å². The molecule has 1 atom stereocenters. The normalized spacial score (nSPS) is 12.3. The van der Waals surface area contributed by atoms with E-state index in [9.17, 15) is 9.59 Å². The first kappa shape index (κ1) is 16.3. The van der Waals surface area contributed by atoms with Crippen LogP contribution in [0, 0.1) is 0 Å². The first-order valence-corrected chi connectivity index (χ1v) is 6.89. The van der Waals surface area contributed by atoms with E-state index in [-0.39, 0.29) is 17.5 Å². The van der Waals surface area contributed by atoms with E-state index in [1.54, 1.807) is 7.11 Å². The monoisotopic (exact) mass is 284 g/mol. The third-order valence-corrected chi connectivity index (χ3v) is 3.14. The predicted molar refractivity (Wildman–Crippen MR) is 80.2 cm³/mol. The van der Waals surface area contributed by atoms with Crippen LogP contribution in [0.25, 0.3) is 0 Å². The summed E-state index contributed by atoms with van der Waals surface area (Å²) in [6.45, 7) is 4.74. The largest absolute Gasteiger partial charge is 0.383 e. The van der Waals surface area contributed by atoms with Crippen molar-refractivity contribution in [2.24, 2.45) is 0 Å². The second-order valence-electron chi connectivity index (χ2n) is 4.85. The number of aromatic nitrogens is 2. The molecule has 0 fully saturated rings. The highest BCUT2D eigenvalue weighted by molar-refractivity contribution is 5.60. The highest BCUT2D eigenvalue weighted by Gasteiger charge is 2.14. The quantitative estimate of drug-likeness (QED) is 0.654. The van der Waals surface area contributed by atoms with Crippen molar-refractivity contribution >= 4 is 11.5 Å². The highest BCUT2D eigenvalue weighted by Crippen LogP contribution is 2.13. The van der Waals surface area contributed by atoms with Gasteiger partial charge >= 0.3 is 5.69 Å². The van der Waals surface area contributed by atoms with E-state index in [1.807, 2.05) is 6.92 Å². The molecule has 0 saturated carbocycles. The maximum atomic E-state index is 11.9. The standard InChI is InChI=1S/C13H24N4O3/c1-4-5-6-9(2)15-10-11(14)17(7-8-20-3)13(19)16-12(10)18/h9,15H,4-8,14H2,1-3H3,(H,16,18,19). The van der Waals surface area contributed by atoms with Crippen molar-refractivity contribution in [3.8, 4) is 0 Å². The molecule has 0 aliphatic rings. The van der Waals surface area contributed by atoms with E-state index < -0.39 is 11.2 Å². The number of hydrogen-bond acceptors (Lipinski definition) is 5. The number of anilines is 2. The van der Waals surface area contributed by atoms with E-state index in [4.69, 9.17) is 10.5 Å². The van der Waals surface area contributed by atoms with Gasteiger partial charge in [-0.25, -0.2) is 4.79 Å². The lowest BCUT2D eigenvalue weighted by molar-refractivity contribution is 0.186. The minimum Gasteiger partial charge on any atom is -0.383 e. The van der Waals surface area contributed by atoms with Gasteiger partial charge in [0.15, 0.2) is 0 Å². The second kappa shape index (κ2) is 7.74. The molecule has 0 aliphatic carbocycles. The van der Waals surface area contributed by atoms with Crippen molar-refractivity contribution in [1.29, 1.82) is 0 Å². The number of methoxy groups -OCH3 is 1. The maximum absolute atomic E-state index is 11.9. The van der Waals surface area contributed by atoms with Crippen molar-refractivity contribution in [3.05, 3.63) is 20.8 Å². The summed E-state index contributed by atoms with van der Waals surface area (Å²) in [7, 11) is 1.54. The Kier molecular flexibility index (Phi) is 6.30. The fourth-order valence-electron chi connectivity index (χ4n) is 1.96. The number of ether oxygens (including phenoxy) is 1. The lowest BCUT2D eigenvalue weighted by Crippen LogP contribution is -2.36. The van der Waals surface area contributed by atoms with Crippen LogP contribution in [0.5, 0.6) is 0 Å². The van der Waals surface area contributed by atoms with Gasteiger partial charge in [0.1, 0.15) is 11.5 Å². The molecule has 0 saturated heterocycles. The summed E-state index contributed by atoms with van der Waals surface area (Å²) in [5.41, 5.74) is 5.18. The van der Waals surface area contributed by atoms with Crippen LogP contribution >= 0.6 is 0 Å². The van der Waals surface area contributed by atoms with Crippen molar-refractivity contribution in [1.82, 2.24) is 9.55 Å². The zero-order valence-corrected chi connectivity index (χ0v) is 12.4. The molecule has 1 heterocycles. The lowest BCUT2D eigenvalue weighted by atomic mass is 10.1. The molecule has 0 bridgehead atoms. The summed E-state index contributed by atoms with van der Waals surface area (Å²) in [5, 5.41) is 3.09. The van der Waals surface area contributed by atoms with Gasteiger partial charge in [-0.05, 0) is 13.3 Å². The van der Waals surface area contributed by atoms with E-state index in [0.29, 0.717) is 13.2 Å². The summed E-state index contributed by atoms with van der Waals surface area (Å²) < 4.78 is 6.24. The minimum absolute atomic E-state index is 0.117. The number of nitrogens with zero attached hydrogens (tertiary/aromatic N) is 1. The number of nitrogens with one attached hydrogen (secondary N) is 2. The molecule has 4 N–H and O–H groups in total. The van der Waals surface area contributed by atoms with Crippen molar-refractivity contribution in [2.75, 3.05) is 24.8 Å². The number of H-pyrrole nitrogens is 1. The molecule has 1 unspecified atom stereocenters. The van der Waals surface area contributed by atoms with Gasteiger partial charge in [-0.3, -0.25) is 14.3 Å². The molecule has 7 heteroatoms. The Bertz CT molecular complexity index is 535. The van der Waals surface area contributed by atoms with Gasteiger partial charge in [0.05, 0.1) is 13.2 Å². The zero-order valence-electron chi connectivity index (χ0n) is 12.4. The third kappa shape index (κ3) is 4.12. The van der Waals surface area contributed by atoms with Crippen LogP contribution in [0.15, 0.2) is 9.59 Å². The van der Waals surface area contributed by atoms with Gasteiger partial charge in [-0.2, -0.15) is 0 Å². The third-order valence-electron chi connectivity index (χ3n) is 3.14. The first-order valence-electron chi connectivity index (χ1n) is 6.89. The topological polar surface area (TPSA) is 102 Å². The Morgan fingerprint density at radius 1 is 1.45 bits per heavy atom. The number of aromatic amines is 1. The molecule has 1 aromatic rings. The Balaban J connectivity index is 3.01. The van der Waals surface area contributed by atoms with Gasteiger partial charge in [-0.15, -0.1) is 0 Å². The second-order valence-corrected chi connectivity index (χ2v) is 4.85. The van der Waals surface area contributed by atoms with E-state index in [1.165, 1.54) is 4.57 Å². The Morgan fingerprint density at radius 2 is 2.15 bits per heavy atom. The molecule has 0 spiro atoms. The fraction of sp³-hybridized carbons (Fsp3) is 0.692. The average molecular weight is 284 g/mol. The van der Waals surface area contributed by atoms with Crippen LogP contribution in [0.3, 0.4) is 0 Å². The minimum atomic E-state index is -0.517. The molecule has 1 aromatic heterocycles. The van der Waals surface area contributed by atoms with Gasteiger partial charge < -0.3 is 15.8 Å². The number of hydrogen-bond donors (Lipinski definition) is 3. The fourth-order valence-corrected chi connectivity index (χ4v) is 1.96. The van der Waals surface area contributed by atoms with Crippen molar-refractivity contribution < 1.29 is 4.74 Å². The molecule has 0 aliphatic heterocycles. The molecule has 0 radical (unpaired) electrons. The van der Waals surface area contributed by atoms with Gasteiger partial charge in [0.2, 0.25) is 0 Å². The first-order chi connectivity index (χ1) is 9.51. The molecular weight excluding hydrogens is 260 g/mol. The summed E-state index contributed by atoms with van der Waals surface area (Å²) in [4.78, 5) is 25.8. The highest BCUT2D eigenvalue weighted by atomic mass is 16.5. The van der Waals surface area contributed by atoms with Gasteiger partial charge in [0, 0.05) is 13.2 Å². The van der Waals surface area contributed by atoms with Crippen molar-refractivity contribution in [2.45, 2.75) is 45.7 Å². The van der Waals surface area contributed by atoms with Crippen LogP contribution in [-0.4, -0.2) is 29.3 Å². The SMILES string of the molecule is CCCCC(C)Nc1c(N)n(CCOC)c(=O)[nH]c1=O. The van der Waals surface area contributed by atoms with E-state index >= 15 is 0 Å². The Hall–Kier alpha value is -1.76. The zero-order chi connectivity index (χ0) is 15.1. The number of unbranched alkanes of at least 4 members (excludes halogenated alkanes) is 1.